The first-order valence-electron chi connectivity index (χ1n) is 18.8. The molecular weight excluding hydrogens is 685 g/mol. The first-order valence-corrected chi connectivity index (χ1v) is 19.6. The summed E-state index contributed by atoms with van der Waals surface area (Å²) in [6, 6.07) is 75.1. The first-order chi connectivity index (χ1) is 27.3. The van der Waals surface area contributed by atoms with E-state index < -0.39 is 0 Å². The highest BCUT2D eigenvalue weighted by atomic mass is 32.1. The summed E-state index contributed by atoms with van der Waals surface area (Å²) in [4.78, 5) is 4.84. The van der Waals surface area contributed by atoms with Crippen LogP contribution in [-0.2, 0) is 0 Å². The molecule has 11 rings (SSSR count). The molecule has 0 spiro atoms. The summed E-state index contributed by atoms with van der Waals surface area (Å²) in [6.45, 7) is 0. The van der Waals surface area contributed by atoms with E-state index in [9.17, 15) is 0 Å². The third-order valence-corrected chi connectivity index (χ3v) is 12.2. The van der Waals surface area contributed by atoms with Crippen LogP contribution in [0.3, 0.4) is 0 Å². The molecule has 0 N–H and O–H groups in total. The number of fused-ring (bicyclic) bond motifs is 10. The maximum atomic E-state index is 2.44. The van der Waals surface area contributed by atoms with E-state index in [1.54, 1.807) is 0 Å². The van der Waals surface area contributed by atoms with E-state index in [0.29, 0.717) is 0 Å². The van der Waals surface area contributed by atoms with Gasteiger partial charge in [-0.2, -0.15) is 0 Å². The molecule has 0 aliphatic heterocycles. The van der Waals surface area contributed by atoms with Gasteiger partial charge in [0.15, 0.2) is 0 Å². The van der Waals surface area contributed by atoms with Crippen molar-refractivity contribution in [3.63, 3.8) is 0 Å². The molecule has 0 unspecified atom stereocenters. The number of nitrogens with zero attached hydrogens (tertiary/aromatic N) is 2. The second kappa shape index (κ2) is 12.9. The number of thiophene rings is 1. The molecule has 258 valence electrons. The minimum absolute atomic E-state index is 1.09. The van der Waals surface area contributed by atoms with Crippen molar-refractivity contribution < 1.29 is 0 Å². The number of anilines is 6. The third kappa shape index (κ3) is 5.16. The van der Waals surface area contributed by atoms with Gasteiger partial charge in [0, 0.05) is 59.1 Å². The number of para-hydroxylation sites is 1. The molecule has 0 fully saturated rings. The minimum Gasteiger partial charge on any atom is -0.310 e. The molecule has 1 heterocycles. The van der Waals surface area contributed by atoms with Gasteiger partial charge in [0.05, 0.1) is 11.4 Å². The molecule has 1 aromatic heterocycles. The van der Waals surface area contributed by atoms with Gasteiger partial charge in [-0.25, -0.2) is 0 Å². The Morgan fingerprint density at radius 3 is 1.49 bits per heavy atom. The van der Waals surface area contributed by atoms with Crippen LogP contribution >= 0.6 is 11.3 Å². The predicted molar refractivity (Wildman–Crippen MR) is 239 cm³/mol. The lowest BCUT2D eigenvalue weighted by Gasteiger charge is -2.31. The average molecular weight is 719 g/mol. The lowest BCUT2D eigenvalue weighted by Crippen LogP contribution is -2.13. The Bertz CT molecular complexity index is 3150. The molecule has 0 saturated heterocycles. The molecule has 55 heavy (non-hydrogen) atoms. The van der Waals surface area contributed by atoms with Crippen LogP contribution in [0.5, 0.6) is 0 Å². The summed E-state index contributed by atoms with van der Waals surface area (Å²) in [5, 5.41) is 12.6. The van der Waals surface area contributed by atoms with Gasteiger partial charge in [-0.15, -0.1) is 11.3 Å². The summed E-state index contributed by atoms with van der Waals surface area (Å²) in [6.07, 6.45) is 0. The molecular formula is C52H34N2S. The largest absolute Gasteiger partial charge is 0.310 e. The maximum absolute atomic E-state index is 2.44. The molecule has 0 aliphatic carbocycles. The van der Waals surface area contributed by atoms with Crippen LogP contribution in [0.25, 0.3) is 63.3 Å². The summed E-state index contributed by atoms with van der Waals surface area (Å²) < 4.78 is 2.65. The van der Waals surface area contributed by atoms with Crippen molar-refractivity contribution in [2.45, 2.75) is 0 Å². The topological polar surface area (TPSA) is 6.48 Å². The van der Waals surface area contributed by atoms with E-state index in [-0.39, 0.29) is 0 Å². The van der Waals surface area contributed by atoms with Crippen LogP contribution < -0.4 is 9.80 Å². The summed E-state index contributed by atoms with van der Waals surface area (Å²) in [7, 11) is 0. The predicted octanol–water partition coefficient (Wildman–Crippen LogP) is 15.6. The monoisotopic (exact) mass is 718 g/mol. The Balaban J connectivity index is 1.16. The zero-order chi connectivity index (χ0) is 36.3. The van der Waals surface area contributed by atoms with Crippen LogP contribution in [0.1, 0.15) is 0 Å². The highest BCUT2D eigenvalue weighted by molar-refractivity contribution is 7.27. The molecule has 0 saturated carbocycles. The van der Waals surface area contributed by atoms with E-state index in [2.05, 4.69) is 216 Å². The number of rotatable bonds is 6. The number of hydrogen-bond acceptors (Lipinski definition) is 3. The third-order valence-electron chi connectivity index (χ3n) is 11.0. The zero-order valence-electron chi connectivity index (χ0n) is 29.9. The smallest absolute Gasteiger partial charge is 0.0540 e. The molecule has 10 aromatic carbocycles. The molecule has 0 bridgehead atoms. The molecule has 0 radical (unpaired) electrons. The SMILES string of the molecule is c1ccc(N(c2cccc(N(c3cccc4ccccc34)c3cccc4ccccc34)c2)c2ccc3c4ccccc4c4c5ccccc5sc4c3c2)cc1. The van der Waals surface area contributed by atoms with Gasteiger partial charge in [0.2, 0.25) is 0 Å². The Labute approximate surface area is 323 Å². The fourth-order valence-corrected chi connectivity index (χ4v) is 9.79. The fourth-order valence-electron chi connectivity index (χ4n) is 8.54. The van der Waals surface area contributed by atoms with Crippen LogP contribution in [0.2, 0.25) is 0 Å². The van der Waals surface area contributed by atoms with Crippen molar-refractivity contribution in [3.8, 4) is 0 Å². The standard InChI is InChI=1S/C52H34N2S/c1-2-19-37(20-3-1)53(40-31-32-44-43-25-8-9-26-45(43)51-46-27-10-11-30-50(46)55-52(51)47(44)34-40)38-21-14-22-39(33-38)54(48-28-12-17-35-15-4-6-23-41(35)48)49-29-13-18-36-16-5-7-24-42(36)49/h1-34H. The summed E-state index contributed by atoms with van der Waals surface area (Å²) in [5.74, 6) is 0. The highest BCUT2D eigenvalue weighted by Crippen LogP contribution is 2.48. The molecule has 0 amide bonds. The van der Waals surface area contributed by atoms with Gasteiger partial charge in [0.1, 0.15) is 0 Å². The molecule has 2 nitrogen and oxygen atoms in total. The summed E-state index contributed by atoms with van der Waals surface area (Å²) >= 11 is 1.90. The van der Waals surface area contributed by atoms with Crippen molar-refractivity contribution in [1.82, 2.24) is 0 Å². The Kier molecular flexibility index (Phi) is 7.39. The van der Waals surface area contributed by atoms with Crippen molar-refractivity contribution in [2.24, 2.45) is 0 Å². The molecule has 3 heteroatoms. The van der Waals surface area contributed by atoms with Crippen LogP contribution in [0, 0.1) is 0 Å². The normalized spacial score (nSPS) is 11.6. The lowest BCUT2D eigenvalue weighted by atomic mass is 9.96. The summed E-state index contributed by atoms with van der Waals surface area (Å²) in [5.41, 5.74) is 6.68. The van der Waals surface area contributed by atoms with Crippen molar-refractivity contribution in [2.75, 3.05) is 9.80 Å². The van der Waals surface area contributed by atoms with E-state index >= 15 is 0 Å². The Hall–Kier alpha value is -6.94. The van der Waals surface area contributed by atoms with Gasteiger partial charge in [-0.1, -0.05) is 146 Å². The Morgan fingerprint density at radius 1 is 0.291 bits per heavy atom. The van der Waals surface area contributed by atoms with Crippen LogP contribution in [-0.4, -0.2) is 0 Å². The first kappa shape index (κ1) is 31.6. The molecule has 11 aromatic rings. The number of hydrogen-bond donors (Lipinski definition) is 0. The minimum atomic E-state index is 1.09. The van der Waals surface area contributed by atoms with E-state index in [1.165, 1.54) is 63.3 Å². The van der Waals surface area contributed by atoms with Gasteiger partial charge in [-0.3, -0.25) is 0 Å². The van der Waals surface area contributed by atoms with Crippen LogP contribution in [0.4, 0.5) is 34.1 Å². The fraction of sp³-hybridized carbons (Fsp3) is 0. The maximum Gasteiger partial charge on any atom is 0.0540 e. The van der Waals surface area contributed by atoms with Crippen molar-refractivity contribution in [1.29, 1.82) is 0 Å². The van der Waals surface area contributed by atoms with Crippen molar-refractivity contribution >= 4 is 109 Å². The van der Waals surface area contributed by atoms with E-state index in [1.807, 2.05) is 11.3 Å². The van der Waals surface area contributed by atoms with E-state index in [4.69, 9.17) is 0 Å². The Morgan fingerprint density at radius 2 is 0.782 bits per heavy atom. The molecule has 0 atom stereocenters. The van der Waals surface area contributed by atoms with Crippen molar-refractivity contribution in [3.05, 3.63) is 206 Å². The zero-order valence-corrected chi connectivity index (χ0v) is 30.7. The van der Waals surface area contributed by atoms with E-state index in [0.717, 1.165) is 34.1 Å². The highest BCUT2D eigenvalue weighted by Gasteiger charge is 2.21. The lowest BCUT2D eigenvalue weighted by molar-refractivity contribution is 1.26. The van der Waals surface area contributed by atoms with Gasteiger partial charge in [0.25, 0.3) is 0 Å². The van der Waals surface area contributed by atoms with Gasteiger partial charge >= 0.3 is 0 Å². The number of benzene rings is 10. The average Bonchev–Trinajstić information content (AvgIpc) is 3.65. The second-order valence-corrected chi connectivity index (χ2v) is 15.2. The van der Waals surface area contributed by atoms with Crippen LogP contribution in [0.15, 0.2) is 206 Å². The molecule has 0 aliphatic rings. The van der Waals surface area contributed by atoms with Gasteiger partial charge in [-0.05, 0) is 87.6 Å². The second-order valence-electron chi connectivity index (χ2n) is 14.1. The van der Waals surface area contributed by atoms with Gasteiger partial charge < -0.3 is 9.80 Å². The quantitative estimate of drug-likeness (QED) is 0.158.